The van der Waals surface area contributed by atoms with E-state index in [1.807, 2.05) is 29.2 Å². The van der Waals surface area contributed by atoms with Gasteiger partial charge in [0.15, 0.2) is 0 Å². The molecule has 1 aliphatic carbocycles. The van der Waals surface area contributed by atoms with E-state index in [1.54, 1.807) is 19.5 Å². The predicted molar refractivity (Wildman–Crippen MR) is 110 cm³/mol. The van der Waals surface area contributed by atoms with Crippen LogP contribution in [0.4, 0.5) is 0 Å². The van der Waals surface area contributed by atoms with E-state index >= 15 is 0 Å². The molecular weight excluding hydrogens is 390 g/mol. The number of hydrogen-bond acceptors (Lipinski definition) is 5. The van der Waals surface area contributed by atoms with E-state index in [0.717, 1.165) is 50.6 Å². The number of aromatic nitrogens is 2. The summed E-state index contributed by atoms with van der Waals surface area (Å²) >= 11 is 6.08. The fraction of sp³-hybridized carbons (Fsp3) is 0.500. The molecule has 1 saturated heterocycles. The Kier molecular flexibility index (Phi) is 5.90. The van der Waals surface area contributed by atoms with Crippen molar-refractivity contribution < 1.29 is 14.3 Å². The molecule has 1 unspecified atom stereocenters. The van der Waals surface area contributed by atoms with Gasteiger partial charge in [-0.05, 0) is 43.4 Å². The molecule has 0 bridgehead atoms. The molecule has 1 aliphatic heterocycles. The smallest absolute Gasteiger partial charge is 0.278 e. The molecule has 29 heavy (non-hydrogen) atoms. The maximum absolute atomic E-state index is 13.7. The first-order valence-electron chi connectivity index (χ1n) is 10.2. The second-order valence-electron chi connectivity index (χ2n) is 7.80. The van der Waals surface area contributed by atoms with Crippen molar-refractivity contribution in [2.45, 2.75) is 50.0 Å². The molecule has 2 aromatic rings. The number of carbonyl (C=O) groups is 1. The SMILES string of the molecule is COc1nccnc1OC1CCCN(C(=O)C2(c3ccc(Cl)cc3)CCCC2)C1. The first-order valence-corrected chi connectivity index (χ1v) is 10.6. The number of amides is 1. The van der Waals surface area contributed by atoms with Crippen LogP contribution >= 0.6 is 11.6 Å². The van der Waals surface area contributed by atoms with Crippen LogP contribution in [-0.2, 0) is 10.2 Å². The summed E-state index contributed by atoms with van der Waals surface area (Å²) in [7, 11) is 1.55. The number of hydrogen-bond donors (Lipinski definition) is 0. The second kappa shape index (κ2) is 8.57. The Balaban J connectivity index is 1.52. The number of benzene rings is 1. The van der Waals surface area contributed by atoms with Crippen LogP contribution in [0.3, 0.4) is 0 Å². The van der Waals surface area contributed by atoms with Gasteiger partial charge in [0.2, 0.25) is 5.91 Å². The van der Waals surface area contributed by atoms with Gasteiger partial charge in [-0.2, -0.15) is 0 Å². The summed E-state index contributed by atoms with van der Waals surface area (Å²) in [6.07, 6.45) is 8.70. The highest BCUT2D eigenvalue weighted by Gasteiger charge is 2.45. The van der Waals surface area contributed by atoms with Gasteiger partial charge in [0, 0.05) is 24.0 Å². The third kappa shape index (κ3) is 4.04. The molecule has 6 nitrogen and oxygen atoms in total. The predicted octanol–water partition coefficient (Wildman–Crippen LogP) is 4.02. The zero-order valence-corrected chi connectivity index (χ0v) is 17.4. The van der Waals surface area contributed by atoms with Gasteiger partial charge >= 0.3 is 0 Å². The van der Waals surface area contributed by atoms with Crippen molar-refractivity contribution in [3.63, 3.8) is 0 Å². The molecule has 1 amide bonds. The van der Waals surface area contributed by atoms with E-state index in [-0.39, 0.29) is 12.0 Å². The quantitative estimate of drug-likeness (QED) is 0.737. The summed E-state index contributed by atoms with van der Waals surface area (Å²) in [5, 5.41) is 0.693. The number of likely N-dealkylation sites (tertiary alicyclic amines) is 1. The molecule has 0 spiro atoms. The van der Waals surface area contributed by atoms with Crippen LogP contribution in [-0.4, -0.2) is 47.1 Å². The minimum Gasteiger partial charge on any atom is -0.477 e. The molecule has 0 radical (unpaired) electrons. The lowest BCUT2D eigenvalue weighted by molar-refractivity contribution is -0.140. The Morgan fingerprint density at radius 3 is 2.48 bits per heavy atom. The zero-order chi connectivity index (χ0) is 20.3. The number of ether oxygens (including phenoxy) is 2. The van der Waals surface area contributed by atoms with Gasteiger partial charge in [0.05, 0.1) is 19.1 Å². The van der Waals surface area contributed by atoms with Crippen molar-refractivity contribution in [3.05, 3.63) is 47.2 Å². The Labute approximate surface area is 176 Å². The van der Waals surface area contributed by atoms with Crippen molar-refractivity contribution in [3.8, 4) is 11.8 Å². The summed E-state index contributed by atoms with van der Waals surface area (Å²) in [4.78, 5) is 24.1. The van der Waals surface area contributed by atoms with Crippen LogP contribution < -0.4 is 9.47 Å². The molecule has 1 saturated carbocycles. The number of methoxy groups -OCH3 is 1. The maximum Gasteiger partial charge on any atom is 0.278 e. The average molecular weight is 416 g/mol. The van der Waals surface area contributed by atoms with E-state index in [9.17, 15) is 4.79 Å². The Morgan fingerprint density at radius 2 is 1.79 bits per heavy atom. The molecule has 2 heterocycles. The third-order valence-electron chi connectivity index (χ3n) is 6.03. The minimum atomic E-state index is -0.448. The summed E-state index contributed by atoms with van der Waals surface area (Å²) in [6, 6.07) is 7.78. The van der Waals surface area contributed by atoms with Crippen molar-refractivity contribution >= 4 is 17.5 Å². The number of nitrogens with zero attached hydrogens (tertiary/aromatic N) is 3. The van der Waals surface area contributed by atoms with Crippen LogP contribution in [0.25, 0.3) is 0 Å². The third-order valence-corrected chi connectivity index (χ3v) is 6.29. The van der Waals surface area contributed by atoms with Gasteiger partial charge in [0.1, 0.15) is 6.10 Å². The summed E-state index contributed by atoms with van der Waals surface area (Å²) < 4.78 is 11.3. The fourth-order valence-electron chi connectivity index (χ4n) is 4.59. The van der Waals surface area contributed by atoms with Crippen LogP contribution in [0.15, 0.2) is 36.7 Å². The maximum atomic E-state index is 13.7. The Bertz CT molecular complexity index is 853. The normalized spacial score (nSPS) is 21.0. The minimum absolute atomic E-state index is 0.123. The van der Waals surface area contributed by atoms with Gasteiger partial charge in [0.25, 0.3) is 11.8 Å². The molecule has 2 fully saturated rings. The highest BCUT2D eigenvalue weighted by atomic mass is 35.5. The average Bonchev–Trinajstić information content (AvgIpc) is 3.25. The van der Waals surface area contributed by atoms with Crippen molar-refractivity contribution in [2.75, 3.05) is 20.2 Å². The number of piperidine rings is 1. The second-order valence-corrected chi connectivity index (χ2v) is 8.24. The van der Waals surface area contributed by atoms with E-state index in [1.165, 1.54) is 0 Å². The van der Waals surface area contributed by atoms with Crippen molar-refractivity contribution in [1.82, 2.24) is 14.9 Å². The largest absolute Gasteiger partial charge is 0.477 e. The van der Waals surface area contributed by atoms with Crippen LogP contribution in [0.2, 0.25) is 5.02 Å². The van der Waals surface area contributed by atoms with Crippen LogP contribution in [0.5, 0.6) is 11.8 Å². The lowest BCUT2D eigenvalue weighted by Crippen LogP contribution is -2.51. The molecule has 1 aromatic heterocycles. The van der Waals surface area contributed by atoms with E-state index < -0.39 is 5.41 Å². The molecule has 154 valence electrons. The number of rotatable bonds is 5. The van der Waals surface area contributed by atoms with Gasteiger partial charge in [-0.1, -0.05) is 36.6 Å². The van der Waals surface area contributed by atoms with E-state index in [0.29, 0.717) is 23.3 Å². The molecule has 0 N–H and O–H groups in total. The Morgan fingerprint density at radius 1 is 1.10 bits per heavy atom. The molecule has 2 aliphatic rings. The van der Waals surface area contributed by atoms with Crippen molar-refractivity contribution in [1.29, 1.82) is 0 Å². The van der Waals surface area contributed by atoms with Gasteiger partial charge in [-0.15, -0.1) is 0 Å². The lowest BCUT2D eigenvalue weighted by atomic mass is 9.77. The van der Waals surface area contributed by atoms with E-state index in [4.69, 9.17) is 21.1 Å². The molecule has 1 aromatic carbocycles. The zero-order valence-electron chi connectivity index (χ0n) is 16.6. The van der Waals surface area contributed by atoms with Crippen LogP contribution in [0.1, 0.15) is 44.1 Å². The summed E-state index contributed by atoms with van der Waals surface area (Å²) in [5.74, 6) is 0.948. The molecule has 4 rings (SSSR count). The monoisotopic (exact) mass is 415 g/mol. The topological polar surface area (TPSA) is 64.6 Å². The lowest BCUT2D eigenvalue weighted by Gasteiger charge is -2.39. The standard InChI is InChI=1S/C22H26ClN3O3/c1-28-19-20(25-13-12-24-19)29-18-5-4-14-26(15-18)21(27)22(10-2-3-11-22)16-6-8-17(23)9-7-16/h6-9,12-13,18H,2-5,10-11,14-15H2,1H3. The Hall–Kier alpha value is -2.34. The molecule has 1 atom stereocenters. The summed E-state index contributed by atoms with van der Waals surface area (Å²) in [5.41, 5.74) is 0.625. The highest BCUT2D eigenvalue weighted by Crippen LogP contribution is 2.43. The molecular formula is C22H26ClN3O3. The van der Waals surface area contributed by atoms with E-state index in [2.05, 4.69) is 9.97 Å². The number of carbonyl (C=O) groups excluding carboxylic acids is 1. The summed E-state index contributed by atoms with van der Waals surface area (Å²) in [6.45, 7) is 1.31. The molecule has 7 heteroatoms. The number of halogens is 1. The highest BCUT2D eigenvalue weighted by molar-refractivity contribution is 6.30. The van der Waals surface area contributed by atoms with Crippen LogP contribution in [0, 0.1) is 0 Å². The first kappa shape index (κ1) is 20.0. The van der Waals surface area contributed by atoms with Gasteiger partial charge < -0.3 is 14.4 Å². The van der Waals surface area contributed by atoms with Gasteiger partial charge in [-0.25, -0.2) is 9.97 Å². The fourth-order valence-corrected chi connectivity index (χ4v) is 4.71. The van der Waals surface area contributed by atoms with Gasteiger partial charge in [-0.3, -0.25) is 4.79 Å². The van der Waals surface area contributed by atoms with Crippen molar-refractivity contribution in [2.24, 2.45) is 0 Å². The first-order chi connectivity index (χ1) is 14.1.